The largest absolute Gasteiger partial charge is 0.307 e. The minimum absolute atomic E-state index is 0.329. The molecule has 0 radical (unpaired) electrons. The molecule has 0 saturated heterocycles. The SMILES string of the molecule is CC(C)CCCC(C)NC1CCC(C)(C)c2ccccc21. The number of hydrogen-bond acceptors (Lipinski definition) is 1. The Morgan fingerprint density at radius 1 is 1.14 bits per heavy atom. The third-order valence-corrected chi connectivity index (χ3v) is 5.03. The second-order valence-electron chi connectivity index (χ2n) is 7.95. The van der Waals surface area contributed by atoms with Crippen LogP contribution in [0.2, 0.25) is 0 Å². The summed E-state index contributed by atoms with van der Waals surface area (Å²) in [6, 6.07) is 10.2. The Morgan fingerprint density at radius 2 is 1.86 bits per heavy atom. The zero-order chi connectivity index (χ0) is 15.5. The van der Waals surface area contributed by atoms with Crippen LogP contribution in [-0.2, 0) is 5.41 Å². The number of hydrogen-bond donors (Lipinski definition) is 1. The minimum Gasteiger partial charge on any atom is -0.307 e. The smallest absolute Gasteiger partial charge is 0.0325 e. The molecule has 0 saturated carbocycles. The lowest BCUT2D eigenvalue weighted by atomic mass is 9.71. The van der Waals surface area contributed by atoms with E-state index in [-0.39, 0.29) is 0 Å². The Balaban J connectivity index is 1.98. The predicted octanol–water partition coefficient (Wildman–Crippen LogP) is 5.60. The second-order valence-corrected chi connectivity index (χ2v) is 7.95. The standard InChI is InChI=1S/C20H33N/c1-15(2)9-8-10-16(3)21-19-13-14-20(4,5)18-12-7-6-11-17(18)19/h6-7,11-12,15-16,19,21H,8-10,13-14H2,1-5H3. The van der Waals surface area contributed by atoms with E-state index in [1.807, 2.05) is 0 Å². The fourth-order valence-corrected chi connectivity index (χ4v) is 3.64. The topological polar surface area (TPSA) is 12.0 Å². The molecular formula is C20H33N. The van der Waals surface area contributed by atoms with Crippen molar-refractivity contribution in [2.45, 2.75) is 84.2 Å². The van der Waals surface area contributed by atoms with Crippen LogP contribution in [0.5, 0.6) is 0 Å². The Hall–Kier alpha value is -0.820. The van der Waals surface area contributed by atoms with Crippen LogP contribution in [0.3, 0.4) is 0 Å². The predicted molar refractivity (Wildman–Crippen MR) is 92.7 cm³/mol. The first kappa shape index (κ1) is 16.5. The lowest BCUT2D eigenvalue weighted by molar-refractivity contribution is 0.327. The van der Waals surface area contributed by atoms with Crippen LogP contribution in [-0.4, -0.2) is 6.04 Å². The van der Waals surface area contributed by atoms with E-state index in [4.69, 9.17) is 0 Å². The zero-order valence-corrected chi connectivity index (χ0v) is 14.6. The molecule has 1 N–H and O–H groups in total. The number of fused-ring (bicyclic) bond motifs is 1. The molecule has 1 heteroatoms. The maximum Gasteiger partial charge on any atom is 0.0325 e. The van der Waals surface area contributed by atoms with Crippen molar-refractivity contribution in [1.82, 2.24) is 5.32 Å². The summed E-state index contributed by atoms with van der Waals surface area (Å²) in [5, 5.41) is 3.89. The van der Waals surface area contributed by atoms with Crippen molar-refractivity contribution in [3.63, 3.8) is 0 Å². The third kappa shape index (κ3) is 4.32. The Bertz CT molecular complexity index is 447. The first-order valence-corrected chi connectivity index (χ1v) is 8.75. The summed E-state index contributed by atoms with van der Waals surface area (Å²) >= 11 is 0. The molecule has 2 rings (SSSR count). The first-order valence-electron chi connectivity index (χ1n) is 8.75. The van der Waals surface area contributed by atoms with Crippen molar-refractivity contribution in [2.75, 3.05) is 0 Å². The van der Waals surface area contributed by atoms with Crippen LogP contribution in [0.15, 0.2) is 24.3 Å². The monoisotopic (exact) mass is 287 g/mol. The molecule has 2 atom stereocenters. The second kappa shape index (κ2) is 6.96. The van der Waals surface area contributed by atoms with Gasteiger partial charge in [0.1, 0.15) is 0 Å². The van der Waals surface area contributed by atoms with Gasteiger partial charge < -0.3 is 5.32 Å². The molecule has 0 bridgehead atoms. The molecule has 1 aromatic carbocycles. The van der Waals surface area contributed by atoms with Gasteiger partial charge in [-0.3, -0.25) is 0 Å². The van der Waals surface area contributed by atoms with E-state index in [2.05, 4.69) is 64.2 Å². The van der Waals surface area contributed by atoms with Crippen LogP contribution in [0, 0.1) is 5.92 Å². The highest BCUT2D eigenvalue weighted by Gasteiger charge is 2.32. The van der Waals surface area contributed by atoms with Crippen LogP contribution in [0.4, 0.5) is 0 Å². The van der Waals surface area contributed by atoms with Crippen molar-refractivity contribution >= 4 is 0 Å². The van der Waals surface area contributed by atoms with E-state index >= 15 is 0 Å². The van der Waals surface area contributed by atoms with E-state index in [0.29, 0.717) is 17.5 Å². The number of rotatable bonds is 6. The fraction of sp³-hybridized carbons (Fsp3) is 0.700. The van der Waals surface area contributed by atoms with Gasteiger partial charge in [-0.2, -0.15) is 0 Å². The van der Waals surface area contributed by atoms with Crippen molar-refractivity contribution in [3.05, 3.63) is 35.4 Å². The van der Waals surface area contributed by atoms with Gasteiger partial charge in [0.15, 0.2) is 0 Å². The highest BCUT2D eigenvalue weighted by molar-refractivity contribution is 5.38. The zero-order valence-electron chi connectivity index (χ0n) is 14.6. The molecule has 0 amide bonds. The number of benzene rings is 1. The van der Waals surface area contributed by atoms with Crippen LogP contribution in [0.1, 0.15) is 83.9 Å². The van der Waals surface area contributed by atoms with E-state index in [1.165, 1.54) is 37.7 Å². The normalized spacial score (nSPS) is 22.1. The highest BCUT2D eigenvalue weighted by Crippen LogP contribution is 2.41. The van der Waals surface area contributed by atoms with Gasteiger partial charge >= 0.3 is 0 Å². The average Bonchev–Trinajstić information content (AvgIpc) is 2.42. The van der Waals surface area contributed by atoms with Gasteiger partial charge in [0.2, 0.25) is 0 Å². The molecule has 0 spiro atoms. The molecular weight excluding hydrogens is 254 g/mol. The first-order chi connectivity index (χ1) is 9.90. The average molecular weight is 287 g/mol. The molecule has 0 heterocycles. The third-order valence-electron chi connectivity index (χ3n) is 5.03. The van der Waals surface area contributed by atoms with Crippen LogP contribution >= 0.6 is 0 Å². The van der Waals surface area contributed by atoms with Gasteiger partial charge in [-0.15, -0.1) is 0 Å². The molecule has 0 aromatic heterocycles. The van der Waals surface area contributed by atoms with E-state index in [0.717, 1.165) is 5.92 Å². The quantitative estimate of drug-likeness (QED) is 0.717. The van der Waals surface area contributed by atoms with Gasteiger partial charge in [0, 0.05) is 12.1 Å². The van der Waals surface area contributed by atoms with Crippen molar-refractivity contribution in [2.24, 2.45) is 5.92 Å². The lowest BCUT2D eigenvalue weighted by Crippen LogP contribution is -2.36. The lowest BCUT2D eigenvalue weighted by Gasteiger charge is -2.38. The maximum atomic E-state index is 3.89. The molecule has 0 fully saturated rings. The Morgan fingerprint density at radius 3 is 2.57 bits per heavy atom. The molecule has 1 nitrogen and oxygen atoms in total. The van der Waals surface area contributed by atoms with Crippen molar-refractivity contribution < 1.29 is 0 Å². The highest BCUT2D eigenvalue weighted by atomic mass is 14.9. The fourth-order valence-electron chi connectivity index (χ4n) is 3.64. The number of nitrogens with one attached hydrogen (secondary N) is 1. The molecule has 21 heavy (non-hydrogen) atoms. The van der Waals surface area contributed by atoms with Crippen molar-refractivity contribution in [1.29, 1.82) is 0 Å². The van der Waals surface area contributed by atoms with Crippen molar-refractivity contribution in [3.8, 4) is 0 Å². The maximum absolute atomic E-state index is 3.89. The minimum atomic E-state index is 0.329. The Labute approximate surface area is 131 Å². The summed E-state index contributed by atoms with van der Waals surface area (Å²) in [5.41, 5.74) is 3.41. The summed E-state index contributed by atoms with van der Waals surface area (Å²) in [6.45, 7) is 11.8. The van der Waals surface area contributed by atoms with Gasteiger partial charge in [-0.1, -0.05) is 64.8 Å². The summed E-state index contributed by atoms with van der Waals surface area (Å²) in [5.74, 6) is 0.827. The molecule has 1 aliphatic rings. The van der Waals surface area contributed by atoms with Crippen LogP contribution < -0.4 is 5.32 Å². The van der Waals surface area contributed by atoms with E-state index in [1.54, 1.807) is 5.56 Å². The van der Waals surface area contributed by atoms with Gasteiger partial charge in [0.25, 0.3) is 0 Å². The molecule has 2 unspecified atom stereocenters. The molecule has 1 aromatic rings. The van der Waals surface area contributed by atoms with Crippen LogP contribution in [0.25, 0.3) is 0 Å². The Kier molecular flexibility index (Phi) is 5.48. The summed E-state index contributed by atoms with van der Waals surface area (Å²) in [4.78, 5) is 0. The van der Waals surface area contributed by atoms with E-state index in [9.17, 15) is 0 Å². The summed E-state index contributed by atoms with van der Waals surface area (Å²) in [7, 11) is 0. The van der Waals surface area contributed by atoms with Gasteiger partial charge in [-0.05, 0) is 48.6 Å². The molecule has 1 aliphatic carbocycles. The van der Waals surface area contributed by atoms with E-state index < -0.39 is 0 Å². The molecule has 0 aliphatic heterocycles. The van der Waals surface area contributed by atoms with Gasteiger partial charge in [0.05, 0.1) is 0 Å². The summed E-state index contributed by atoms with van der Waals surface area (Å²) in [6.07, 6.45) is 6.52. The molecule has 118 valence electrons. The summed E-state index contributed by atoms with van der Waals surface area (Å²) < 4.78 is 0. The van der Waals surface area contributed by atoms with Gasteiger partial charge in [-0.25, -0.2) is 0 Å².